The molecule has 0 radical (unpaired) electrons. The molecule has 2 nitrogen and oxygen atoms in total. The highest BCUT2D eigenvalue weighted by Gasteiger charge is 2.24. The van der Waals surface area contributed by atoms with Crippen LogP contribution in [0.3, 0.4) is 0 Å². The molecule has 4 heteroatoms. The Morgan fingerprint density at radius 3 is 2.55 bits per heavy atom. The maximum atomic E-state index is 10.6. The fourth-order valence-corrected chi connectivity index (χ4v) is 2.39. The Morgan fingerprint density at radius 1 is 1.15 bits per heavy atom. The summed E-state index contributed by atoms with van der Waals surface area (Å²) in [6.07, 6.45) is 0.388. The van der Waals surface area contributed by atoms with Gasteiger partial charge in [-0.2, -0.15) is 5.26 Å². The fourth-order valence-electron chi connectivity index (χ4n) is 2.07. The summed E-state index contributed by atoms with van der Waals surface area (Å²) in [6, 6.07) is 14.3. The zero-order valence-corrected chi connectivity index (χ0v) is 12.4. The van der Waals surface area contributed by atoms with Crippen molar-refractivity contribution < 1.29 is 5.11 Å². The molecule has 0 saturated carbocycles. The molecule has 0 bridgehead atoms. The molecule has 1 unspecified atom stereocenters. The van der Waals surface area contributed by atoms with Crippen molar-refractivity contribution in [3.8, 4) is 6.07 Å². The summed E-state index contributed by atoms with van der Waals surface area (Å²) in [7, 11) is 0. The van der Waals surface area contributed by atoms with Gasteiger partial charge >= 0.3 is 0 Å². The highest BCUT2D eigenvalue weighted by Crippen LogP contribution is 2.29. The molecule has 0 aliphatic rings. The third-order valence-corrected chi connectivity index (χ3v) is 3.88. The predicted octanol–water partition coefficient (Wildman–Crippen LogP) is 4.32. The van der Waals surface area contributed by atoms with Crippen molar-refractivity contribution in [2.45, 2.75) is 18.9 Å². The van der Waals surface area contributed by atoms with Crippen molar-refractivity contribution in [3.63, 3.8) is 0 Å². The van der Waals surface area contributed by atoms with E-state index in [1.54, 1.807) is 43.3 Å². The lowest BCUT2D eigenvalue weighted by atomic mass is 9.88. The number of hydrogen-bond acceptors (Lipinski definition) is 2. The van der Waals surface area contributed by atoms with Gasteiger partial charge in [0.15, 0.2) is 0 Å². The Morgan fingerprint density at radius 2 is 1.90 bits per heavy atom. The number of benzene rings is 2. The second-order valence-electron chi connectivity index (χ2n) is 4.89. The number of nitriles is 1. The molecule has 0 amide bonds. The van der Waals surface area contributed by atoms with Gasteiger partial charge < -0.3 is 5.11 Å². The average Bonchev–Trinajstić information content (AvgIpc) is 2.43. The van der Waals surface area contributed by atoms with Crippen molar-refractivity contribution in [1.29, 1.82) is 5.26 Å². The van der Waals surface area contributed by atoms with Crippen LogP contribution < -0.4 is 0 Å². The minimum atomic E-state index is -1.08. The van der Waals surface area contributed by atoms with Gasteiger partial charge in [0.05, 0.1) is 27.3 Å². The summed E-state index contributed by atoms with van der Waals surface area (Å²) in [4.78, 5) is 0. The molecule has 0 aliphatic heterocycles. The maximum absolute atomic E-state index is 10.6. The normalized spacial score (nSPS) is 13.6. The lowest BCUT2D eigenvalue weighted by Crippen LogP contribution is -2.24. The largest absolute Gasteiger partial charge is 0.385 e. The third kappa shape index (κ3) is 3.32. The summed E-state index contributed by atoms with van der Waals surface area (Å²) in [5, 5.41) is 20.5. The van der Waals surface area contributed by atoms with Crippen LogP contribution >= 0.6 is 23.2 Å². The smallest absolute Gasteiger partial charge is 0.0991 e. The first kappa shape index (κ1) is 14.9. The van der Waals surface area contributed by atoms with Crippen LogP contribution in [0.4, 0.5) is 0 Å². The first-order valence-electron chi connectivity index (χ1n) is 6.09. The SMILES string of the molecule is CC(O)(Cc1ccc(Cl)c(Cl)c1)c1cccc(C#N)c1. The molecule has 0 fully saturated rings. The molecule has 0 saturated heterocycles. The third-order valence-electron chi connectivity index (χ3n) is 3.15. The van der Waals surface area contributed by atoms with E-state index in [2.05, 4.69) is 6.07 Å². The van der Waals surface area contributed by atoms with Crippen molar-refractivity contribution in [3.05, 3.63) is 69.2 Å². The van der Waals surface area contributed by atoms with Crippen LogP contribution in [0, 0.1) is 11.3 Å². The van der Waals surface area contributed by atoms with Gasteiger partial charge in [0.25, 0.3) is 0 Å². The summed E-state index contributed by atoms with van der Waals surface area (Å²) in [5.74, 6) is 0. The van der Waals surface area contributed by atoms with Gasteiger partial charge in [0.1, 0.15) is 0 Å². The minimum Gasteiger partial charge on any atom is -0.385 e. The van der Waals surface area contributed by atoms with Crippen LogP contribution in [0.25, 0.3) is 0 Å². The molecule has 1 atom stereocenters. The molecule has 102 valence electrons. The average molecular weight is 306 g/mol. The van der Waals surface area contributed by atoms with Gasteiger partial charge in [-0.1, -0.05) is 41.4 Å². The van der Waals surface area contributed by atoms with E-state index in [0.717, 1.165) is 5.56 Å². The van der Waals surface area contributed by atoms with E-state index >= 15 is 0 Å². The van der Waals surface area contributed by atoms with E-state index in [0.29, 0.717) is 27.6 Å². The van der Waals surface area contributed by atoms with E-state index in [9.17, 15) is 5.11 Å². The molecular weight excluding hydrogens is 293 g/mol. The predicted molar refractivity (Wildman–Crippen MR) is 80.9 cm³/mol. The Hall–Kier alpha value is -1.53. The first-order chi connectivity index (χ1) is 9.42. The van der Waals surface area contributed by atoms with Crippen molar-refractivity contribution in [2.24, 2.45) is 0 Å². The lowest BCUT2D eigenvalue weighted by Gasteiger charge is -2.24. The van der Waals surface area contributed by atoms with E-state index < -0.39 is 5.60 Å². The van der Waals surface area contributed by atoms with E-state index in [4.69, 9.17) is 28.5 Å². The molecule has 20 heavy (non-hydrogen) atoms. The van der Waals surface area contributed by atoms with Crippen molar-refractivity contribution >= 4 is 23.2 Å². The van der Waals surface area contributed by atoms with Crippen LogP contribution in [-0.4, -0.2) is 5.11 Å². The number of rotatable bonds is 3. The second kappa shape index (κ2) is 5.85. The summed E-state index contributed by atoms with van der Waals surface area (Å²) < 4.78 is 0. The molecule has 0 heterocycles. The van der Waals surface area contributed by atoms with E-state index in [1.807, 2.05) is 6.07 Å². The quantitative estimate of drug-likeness (QED) is 0.918. The Balaban J connectivity index is 2.30. The van der Waals surface area contributed by atoms with E-state index in [1.165, 1.54) is 0 Å². The second-order valence-corrected chi connectivity index (χ2v) is 5.71. The van der Waals surface area contributed by atoms with Crippen LogP contribution in [0.15, 0.2) is 42.5 Å². The monoisotopic (exact) mass is 305 g/mol. The maximum Gasteiger partial charge on any atom is 0.0991 e. The molecule has 1 N–H and O–H groups in total. The zero-order valence-electron chi connectivity index (χ0n) is 10.9. The van der Waals surface area contributed by atoms with Gasteiger partial charge in [-0.3, -0.25) is 0 Å². The van der Waals surface area contributed by atoms with Gasteiger partial charge in [0.2, 0.25) is 0 Å². The molecule has 0 aliphatic carbocycles. The fraction of sp³-hybridized carbons (Fsp3) is 0.188. The number of halogens is 2. The molecule has 0 aromatic heterocycles. The molecule has 2 aromatic carbocycles. The number of hydrogen-bond donors (Lipinski definition) is 1. The standard InChI is InChI=1S/C16H13Cl2NO/c1-16(20,13-4-2-3-12(7-13)10-19)9-11-5-6-14(17)15(18)8-11/h2-8,20H,9H2,1H3. The van der Waals surface area contributed by atoms with Crippen LogP contribution in [0.2, 0.25) is 10.0 Å². The van der Waals surface area contributed by atoms with Gasteiger partial charge in [0, 0.05) is 6.42 Å². The summed E-state index contributed by atoms with van der Waals surface area (Å²) in [6.45, 7) is 1.71. The van der Waals surface area contributed by atoms with Gasteiger partial charge in [-0.15, -0.1) is 0 Å². The lowest BCUT2D eigenvalue weighted by molar-refractivity contribution is 0.0576. The summed E-state index contributed by atoms with van der Waals surface area (Å²) in [5.41, 5.74) is 1.02. The van der Waals surface area contributed by atoms with E-state index in [-0.39, 0.29) is 0 Å². The Labute approximate surface area is 128 Å². The Bertz CT molecular complexity index is 674. The zero-order chi connectivity index (χ0) is 14.8. The van der Waals surface area contributed by atoms with Crippen molar-refractivity contribution in [1.82, 2.24) is 0 Å². The van der Waals surface area contributed by atoms with Crippen LogP contribution in [0.1, 0.15) is 23.6 Å². The van der Waals surface area contributed by atoms with Gasteiger partial charge in [-0.25, -0.2) is 0 Å². The molecule has 2 rings (SSSR count). The molecular formula is C16H13Cl2NO. The highest BCUT2D eigenvalue weighted by molar-refractivity contribution is 6.42. The molecule has 2 aromatic rings. The topological polar surface area (TPSA) is 44.0 Å². The molecule has 0 spiro atoms. The number of aliphatic hydroxyl groups is 1. The first-order valence-corrected chi connectivity index (χ1v) is 6.85. The van der Waals surface area contributed by atoms with Crippen molar-refractivity contribution in [2.75, 3.05) is 0 Å². The highest BCUT2D eigenvalue weighted by atomic mass is 35.5. The Kier molecular flexibility index (Phi) is 4.35. The van der Waals surface area contributed by atoms with Gasteiger partial charge in [-0.05, 0) is 42.3 Å². The minimum absolute atomic E-state index is 0.388. The van der Waals surface area contributed by atoms with Crippen LogP contribution in [-0.2, 0) is 12.0 Å². The number of nitrogens with zero attached hydrogens (tertiary/aromatic N) is 1. The van der Waals surface area contributed by atoms with Crippen LogP contribution in [0.5, 0.6) is 0 Å². The summed E-state index contributed by atoms with van der Waals surface area (Å²) >= 11 is 11.9.